The molecule has 0 fully saturated rings. The lowest BCUT2D eigenvalue weighted by Gasteiger charge is -2.04. The summed E-state index contributed by atoms with van der Waals surface area (Å²) in [4.78, 5) is 12.1. The van der Waals surface area contributed by atoms with Crippen molar-refractivity contribution in [1.29, 1.82) is 0 Å². The van der Waals surface area contributed by atoms with Crippen LogP contribution in [0.25, 0.3) is 21.9 Å². The van der Waals surface area contributed by atoms with Gasteiger partial charge in [0.2, 0.25) is 0 Å². The number of furan rings is 1. The molecule has 0 aliphatic rings. The smallest absolute Gasteiger partial charge is 0.261 e. The highest BCUT2D eigenvalue weighted by molar-refractivity contribution is 6.02. The van der Waals surface area contributed by atoms with Crippen molar-refractivity contribution < 1.29 is 4.42 Å². The van der Waals surface area contributed by atoms with E-state index >= 15 is 0 Å². The molecular weight excluding hydrogens is 202 g/mol. The zero-order valence-corrected chi connectivity index (χ0v) is 9.15. The van der Waals surface area contributed by atoms with Crippen molar-refractivity contribution in [2.24, 2.45) is 7.05 Å². The molecule has 0 saturated heterocycles. The van der Waals surface area contributed by atoms with Gasteiger partial charge >= 0.3 is 0 Å². The SMILES string of the molecule is Cc1cc2c(=O)n(C)c3ccccc3c2o1. The summed E-state index contributed by atoms with van der Waals surface area (Å²) in [6, 6.07) is 9.56. The number of rotatable bonds is 0. The van der Waals surface area contributed by atoms with Crippen LogP contribution in [0.5, 0.6) is 0 Å². The molecule has 0 bridgehead atoms. The van der Waals surface area contributed by atoms with Crippen LogP contribution in [0.2, 0.25) is 0 Å². The summed E-state index contributed by atoms with van der Waals surface area (Å²) < 4.78 is 7.26. The van der Waals surface area contributed by atoms with Gasteiger partial charge in [-0.3, -0.25) is 4.79 Å². The number of para-hydroxylation sites is 1. The highest BCUT2D eigenvalue weighted by atomic mass is 16.3. The second-order valence-corrected chi connectivity index (χ2v) is 3.98. The van der Waals surface area contributed by atoms with E-state index in [-0.39, 0.29) is 5.56 Å². The zero-order valence-electron chi connectivity index (χ0n) is 9.15. The molecule has 16 heavy (non-hydrogen) atoms. The van der Waals surface area contributed by atoms with Gasteiger partial charge in [0.1, 0.15) is 11.3 Å². The Morgan fingerprint density at radius 1 is 1.19 bits per heavy atom. The topological polar surface area (TPSA) is 35.1 Å². The van der Waals surface area contributed by atoms with Crippen molar-refractivity contribution in [1.82, 2.24) is 4.57 Å². The Labute approximate surface area is 91.9 Å². The van der Waals surface area contributed by atoms with Gasteiger partial charge in [0.15, 0.2) is 0 Å². The molecule has 0 N–H and O–H groups in total. The number of nitrogens with zero attached hydrogens (tertiary/aromatic N) is 1. The van der Waals surface area contributed by atoms with Crippen molar-refractivity contribution in [3.05, 3.63) is 46.4 Å². The maximum Gasteiger partial charge on any atom is 0.261 e. The number of benzene rings is 1. The lowest BCUT2D eigenvalue weighted by Crippen LogP contribution is -2.16. The molecule has 3 heteroatoms. The predicted octanol–water partition coefficient (Wildman–Crippen LogP) is 2.59. The summed E-state index contributed by atoms with van der Waals surface area (Å²) in [5.74, 6) is 0.767. The first kappa shape index (κ1) is 9.21. The minimum absolute atomic E-state index is 0.00875. The molecule has 0 aliphatic carbocycles. The molecule has 0 spiro atoms. The van der Waals surface area contributed by atoms with E-state index < -0.39 is 0 Å². The monoisotopic (exact) mass is 213 g/mol. The highest BCUT2D eigenvalue weighted by Gasteiger charge is 2.11. The van der Waals surface area contributed by atoms with Crippen LogP contribution in [0, 0.1) is 6.92 Å². The molecule has 0 amide bonds. The van der Waals surface area contributed by atoms with Crippen molar-refractivity contribution in [2.45, 2.75) is 6.92 Å². The van der Waals surface area contributed by atoms with Crippen molar-refractivity contribution in [2.75, 3.05) is 0 Å². The summed E-state index contributed by atoms with van der Waals surface area (Å²) in [5.41, 5.74) is 1.58. The summed E-state index contributed by atoms with van der Waals surface area (Å²) in [7, 11) is 1.78. The maximum absolute atomic E-state index is 12.1. The van der Waals surface area contributed by atoms with E-state index in [4.69, 9.17) is 4.42 Å². The Balaban J connectivity index is 2.73. The number of pyridine rings is 1. The molecule has 2 aromatic heterocycles. The molecular formula is C13H11NO2. The van der Waals surface area contributed by atoms with Crippen LogP contribution in [0.15, 0.2) is 39.5 Å². The van der Waals surface area contributed by atoms with E-state index in [0.717, 1.165) is 16.7 Å². The Kier molecular flexibility index (Phi) is 1.72. The molecule has 3 nitrogen and oxygen atoms in total. The highest BCUT2D eigenvalue weighted by Crippen LogP contribution is 2.24. The minimum Gasteiger partial charge on any atom is -0.460 e. The zero-order chi connectivity index (χ0) is 11.3. The Bertz CT molecular complexity index is 750. The van der Waals surface area contributed by atoms with Gasteiger partial charge in [-0.2, -0.15) is 0 Å². The molecule has 80 valence electrons. The number of hydrogen-bond acceptors (Lipinski definition) is 2. The molecule has 2 heterocycles. The molecule has 0 saturated carbocycles. The fourth-order valence-corrected chi connectivity index (χ4v) is 2.12. The standard InChI is InChI=1S/C13H11NO2/c1-8-7-10-12(16-8)9-5-3-4-6-11(9)14(2)13(10)15/h3-7H,1-2H3. The largest absolute Gasteiger partial charge is 0.460 e. The lowest BCUT2D eigenvalue weighted by molar-refractivity contribution is 0.581. The maximum atomic E-state index is 12.1. The van der Waals surface area contributed by atoms with Crippen molar-refractivity contribution in [3.8, 4) is 0 Å². The molecule has 0 unspecified atom stereocenters. The Morgan fingerprint density at radius 2 is 1.94 bits per heavy atom. The Morgan fingerprint density at radius 3 is 2.75 bits per heavy atom. The second-order valence-electron chi connectivity index (χ2n) is 3.98. The van der Waals surface area contributed by atoms with Crippen LogP contribution in [0.4, 0.5) is 0 Å². The average Bonchev–Trinajstić information content (AvgIpc) is 2.68. The third-order valence-corrected chi connectivity index (χ3v) is 2.90. The molecule has 0 radical (unpaired) electrons. The van der Waals surface area contributed by atoms with Gasteiger partial charge in [-0.15, -0.1) is 0 Å². The van der Waals surface area contributed by atoms with Gasteiger partial charge in [-0.1, -0.05) is 12.1 Å². The van der Waals surface area contributed by atoms with Crippen molar-refractivity contribution in [3.63, 3.8) is 0 Å². The average molecular weight is 213 g/mol. The van der Waals surface area contributed by atoms with Crippen LogP contribution in [-0.2, 0) is 7.05 Å². The number of aryl methyl sites for hydroxylation is 2. The lowest BCUT2D eigenvalue weighted by atomic mass is 10.1. The van der Waals surface area contributed by atoms with Crippen LogP contribution >= 0.6 is 0 Å². The molecule has 0 aliphatic heterocycles. The molecule has 3 aromatic rings. The van der Waals surface area contributed by atoms with E-state index in [1.54, 1.807) is 17.7 Å². The second kappa shape index (κ2) is 2.98. The third-order valence-electron chi connectivity index (χ3n) is 2.90. The van der Waals surface area contributed by atoms with Gasteiger partial charge in [0, 0.05) is 12.4 Å². The fourth-order valence-electron chi connectivity index (χ4n) is 2.12. The van der Waals surface area contributed by atoms with E-state index in [2.05, 4.69) is 0 Å². The third kappa shape index (κ3) is 1.05. The first-order valence-electron chi connectivity index (χ1n) is 5.16. The van der Waals surface area contributed by atoms with Crippen LogP contribution in [0.1, 0.15) is 5.76 Å². The van der Waals surface area contributed by atoms with E-state index in [1.807, 2.05) is 31.2 Å². The quantitative estimate of drug-likeness (QED) is 0.575. The molecule has 1 aromatic carbocycles. The molecule has 3 rings (SSSR count). The summed E-state index contributed by atoms with van der Waals surface area (Å²) in [5, 5.41) is 1.63. The normalized spacial score (nSPS) is 11.4. The Hall–Kier alpha value is -2.03. The summed E-state index contributed by atoms with van der Waals surface area (Å²) in [6.45, 7) is 1.86. The predicted molar refractivity (Wildman–Crippen MR) is 63.7 cm³/mol. The van der Waals surface area contributed by atoms with E-state index in [0.29, 0.717) is 11.0 Å². The minimum atomic E-state index is -0.00875. The fraction of sp³-hybridized carbons (Fsp3) is 0.154. The summed E-state index contributed by atoms with van der Waals surface area (Å²) in [6.07, 6.45) is 0. The van der Waals surface area contributed by atoms with Crippen LogP contribution in [-0.4, -0.2) is 4.57 Å². The van der Waals surface area contributed by atoms with E-state index in [9.17, 15) is 4.79 Å². The van der Waals surface area contributed by atoms with Gasteiger partial charge in [-0.05, 0) is 25.1 Å². The van der Waals surface area contributed by atoms with Gasteiger partial charge in [0.05, 0.1) is 10.9 Å². The van der Waals surface area contributed by atoms with Gasteiger partial charge < -0.3 is 8.98 Å². The first-order chi connectivity index (χ1) is 7.68. The van der Waals surface area contributed by atoms with Crippen LogP contribution in [0.3, 0.4) is 0 Å². The van der Waals surface area contributed by atoms with Crippen LogP contribution < -0.4 is 5.56 Å². The number of aromatic nitrogens is 1. The summed E-state index contributed by atoms with van der Waals surface area (Å²) >= 11 is 0. The number of hydrogen-bond donors (Lipinski definition) is 0. The van der Waals surface area contributed by atoms with Gasteiger partial charge in [0.25, 0.3) is 5.56 Å². The van der Waals surface area contributed by atoms with E-state index in [1.165, 1.54) is 0 Å². The van der Waals surface area contributed by atoms with Crippen molar-refractivity contribution >= 4 is 21.9 Å². The molecule has 0 atom stereocenters. The van der Waals surface area contributed by atoms with Gasteiger partial charge in [-0.25, -0.2) is 0 Å². The first-order valence-corrected chi connectivity index (χ1v) is 5.16. The number of fused-ring (bicyclic) bond motifs is 3.